The van der Waals surface area contributed by atoms with Crippen molar-refractivity contribution in [3.05, 3.63) is 11.6 Å². The van der Waals surface area contributed by atoms with E-state index in [1.54, 1.807) is 25.8 Å². The van der Waals surface area contributed by atoms with Gasteiger partial charge in [0.2, 0.25) is 11.8 Å². The molecule has 1 aliphatic rings. The van der Waals surface area contributed by atoms with Crippen LogP contribution in [0.1, 0.15) is 94.4 Å². The lowest BCUT2D eigenvalue weighted by molar-refractivity contribution is -0.142. The number of amides is 2. The third kappa shape index (κ3) is 8.62. The number of nitrogens with one attached hydrogen (secondary N) is 1. The molecule has 0 aromatic heterocycles. The predicted octanol–water partition coefficient (Wildman–Crippen LogP) is 4.55. The minimum Gasteiger partial charge on any atom is -0.463 e. The Bertz CT molecular complexity index is 743. The SMILES string of the molecule is CCOC(=O)/C(C)=C/C([C@@H](C)CC)N(C)C(=O)[C@@H](NC(=O)[C@H]1CCCCN1C(C)CC)C(C)(C)C. The number of ether oxygens (including phenoxy) is 1. The smallest absolute Gasteiger partial charge is 0.333 e. The monoisotopic (exact) mass is 493 g/mol. The van der Waals surface area contributed by atoms with E-state index in [1.165, 1.54) is 0 Å². The number of carbonyl (C=O) groups is 3. The summed E-state index contributed by atoms with van der Waals surface area (Å²) in [4.78, 5) is 43.6. The average molecular weight is 494 g/mol. The molecule has 7 nitrogen and oxygen atoms in total. The molecule has 1 rings (SSSR count). The number of rotatable bonds is 11. The van der Waals surface area contributed by atoms with Crippen molar-refractivity contribution in [2.24, 2.45) is 11.3 Å². The number of nitrogens with zero attached hydrogens (tertiary/aromatic N) is 2. The average Bonchev–Trinajstić information content (AvgIpc) is 2.82. The molecule has 202 valence electrons. The van der Waals surface area contributed by atoms with Gasteiger partial charge in [-0.3, -0.25) is 14.5 Å². The zero-order chi connectivity index (χ0) is 26.9. The fourth-order valence-corrected chi connectivity index (χ4v) is 4.70. The molecule has 0 aliphatic carbocycles. The Labute approximate surface area is 214 Å². The Morgan fingerprint density at radius 1 is 1.11 bits per heavy atom. The van der Waals surface area contributed by atoms with Crippen molar-refractivity contribution in [1.82, 2.24) is 15.1 Å². The molecule has 1 saturated heterocycles. The molecule has 1 N–H and O–H groups in total. The quantitative estimate of drug-likeness (QED) is 0.337. The number of hydrogen-bond donors (Lipinski definition) is 1. The number of piperidine rings is 1. The van der Waals surface area contributed by atoms with Crippen molar-refractivity contribution >= 4 is 17.8 Å². The molecule has 2 amide bonds. The number of hydrogen-bond acceptors (Lipinski definition) is 5. The molecular weight excluding hydrogens is 442 g/mol. The van der Waals surface area contributed by atoms with Gasteiger partial charge in [0.25, 0.3) is 0 Å². The van der Waals surface area contributed by atoms with Gasteiger partial charge in [-0.1, -0.05) is 60.5 Å². The van der Waals surface area contributed by atoms with E-state index in [1.807, 2.05) is 26.8 Å². The second kappa shape index (κ2) is 14.0. The van der Waals surface area contributed by atoms with Gasteiger partial charge in [0, 0.05) is 18.7 Å². The Kier molecular flexibility index (Phi) is 12.5. The van der Waals surface area contributed by atoms with Gasteiger partial charge in [0.15, 0.2) is 0 Å². The molecule has 0 bridgehead atoms. The Balaban J connectivity index is 3.22. The largest absolute Gasteiger partial charge is 0.463 e. The van der Waals surface area contributed by atoms with Crippen molar-refractivity contribution in [2.75, 3.05) is 20.2 Å². The number of likely N-dealkylation sites (tertiary alicyclic amines) is 1. The highest BCUT2D eigenvalue weighted by atomic mass is 16.5. The van der Waals surface area contributed by atoms with Crippen LogP contribution in [0.5, 0.6) is 0 Å². The molecule has 2 unspecified atom stereocenters. The molecule has 1 fully saturated rings. The van der Waals surface area contributed by atoms with E-state index in [9.17, 15) is 14.4 Å². The third-order valence-electron chi connectivity index (χ3n) is 7.44. The first-order valence-corrected chi connectivity index (χ1v) is 13.5. The van der Waals surface area contributed by atoms with Crippen LogP contribution in [-0.4, -0.2) is 72.0 Å². The molecule has 5 atom stereocenters. The predicted molar refractivity (Wildman–Crippen MR) is 142 cm³/mol. The van der Waals surface area contributed by atoms with Gasteiger partial charge in [-0.25, -0.2) is 4.79 Å². The van der Waals surface area contributed by atoms with Crippen molar-refractivity contribution in [2.45, 2.75) is 119 Å². The first-order chi connectivity index (χ1) is 16.3. The van der Waals surface area contributed by atoms with E-state index in [4.69, 9.17) is 4.74 Å². The molecular formula is C28H51N3O4. The normalized spacial score (nSPS) is 21.0. The van der Waals surface area contributed by atoms with Gasteiger partial charge >= 0.3 is 5.97 Å². The Morgan fingerprint density at radius 2 is 1.74 bits per heavy atom. The van der Waals surface area contributed by atoms with Crippen molar-refractivity contribution in [3.63, 3.8) is 0 Å². The van der Waals surface area contributed by atoms with E-state index in [-0.39, 0.29) is 35.8 Å². The summed E-state index contributed by atoms with van der Waals surface area (Å²) in [5, 5.41) is 3.14. The van der Waals surface area contributed by atoms with Crippen molar-refractivity contribution < 1.29 is 19.1 Å². The lowest BCUT2D eigenvalue weighted by Gasteiger charge is -2.41. The van der Waals surface area contributed by atoms with Gasteiger partial charge < -0.3 is 15.0 Å². The van der Waals surface area contributed by atoms with Crippen LogP contribution < -0.4 is 5.32 Å². The van der Waals surface area contributed by atoms with E-state index in [0.29, 0.717) is 18.2 Å². The Morgan fingerprint density at radius 3 is 2.26 bits per heavy atom. The second-order valence-electron chi connectivity index (χ2n) is 11.2. The first kappa shape index (κ1) is 31.1. The highest BCUT2D eigenvalue weighted by molar-refractivity contribution is 5.91. The Hall–Kier alpha value is -1.89. The van der Waals surface area contributed by atoms with Gasteiger partial charge in [0.1, 0.15) is 6.04 Å². The maximum Gasteiger partial charge on any atom is 0.333 e. The summed E-state index contributed by atoms with van der Waals surface area (Å²) in [5.74, 6) is -0.450. The lowest BCUT2D eigenvalue weighted by atomic mass is 9.84. The highest BCUT2D eigenvalue weighted by Crippen LogP contribution is 2.26. The summed E-state index contributed by atoms with van der Waals surface area (Å²) < 4.78 is 5.15. The standard InChI is InChI=1S/C28H51N3O4/c1-11-19(4)23(18-20(5)27(34)35-13-3)30(10)26(33)24(28(7,8)9)29-25(32)22-16-14-15-17-31(22)21(6)12-2/h18-19,21-24H,11-17H2,1-10H3,(H,29,32)/b20-18+/t19-,21?,22+,23?,24+/m0/s1. The second-order valence-corrected chi connectivity index (χ2v) is 11.2. The molecule has 1 aliphatic heterocycles. The van der Waals surface area contributed by atoms with Crippen LogP contribution >= 0.6 is 0 Å². The maximum absolute atomic E-state index is 13.9. The minimum absolute atomic E-state index is 0.0648. The van der Waals surface area contributed by atoms with Crippen molar-refractivity contribution in [1.29, 1.82) is 0 Å². The minimum atomic E-state index is -0.677. The first-order valence-electron chi connectivity index (χ1n) is 13.5. The van der Waals surface area contributed by atoms with Crippen LogP contribution in [-0.2, 0) is 19.1 Å². The van der Waals surface area contributed by atoms with E-state index >= 15 is 0 Å². The summed E-state index contributed by atoms with van der Waals surface area (Å²) in [7, 11) is 1.77. The van der Waals surface area contributed by atoms with Gasteiger partial charge in [-0.05, 0) is 57.9 Å². The molecule has 0 aromatic rings. The van der Waals surface area contributed by atoms with Crippen LogP contribution in [0.25, 0.3) is 0 Å². The molecule has 1 heterocycles. The highest BCUT2D eigenvalue weighted by Gasteiger charge is 2.40. The van der Waals surface area contributed by atoms with E-state index in [2.05, 4.69) is 37.9 Å². The number of esters is 1. The third-order valence-corrected chi connectivity index (χ3v) is 7.44. The molecule has 0 aromatic carbocycles. The van der Waals surface area contributed by atoms with Crippen LogP contribution in [0, 0.1) is 11.3 Å². The number of likely N-dealkylation sites (N-methyl/N-ethyl adjacent to an activating group) is 1. The van der Waals surface area contributed by atoms with E-state index in [0.717, 1.165) is 38.6 Å². The van der Waals surface area contributed by atoms with Gasteiger partial charge in [0.05, 0.1) is 18.7 Å². The summed E-state index contributed by atoms with van der Waals surface area (Å²) in [6.45, 7) is 19.1. The zero-order valence-electron chi connectivity index (χ0n) is 23.9. The lowest BCUT2D eigenvalue weighted by Crippen LogP contribution is -2.60. The van der Waals surface area contributed by atoms with Crippen LogP contribution in [0.15, 0.2) is 11.6 Å². The summed E-state index contributed by atoms with van der Waals surface area (Å²) in [6.07, 6.45) is 6.59. The van der Waals surface area contributed by atoms with Gasteiger partial charge in [-0.2, -0.15) is 0 Å². The summed E-state index contributed by atoms with van der Waals surface area (Å²) in [6, 6.07) is -0.852. The molecule has 0 saturated carbocycles. The van der Waals surface area contributed by atoms with E-state index < -0.39 is 11.5 Å². The van der Waals surface area contributed by atoms with Crippen LogP contribution in [0.4, 0.5) is 0 Å². The topological polar surface area (TPSA) is 79.0 Å². The molecule has 7 heteroatoms. The van der Waals surface area contributed by atoms with Gasteiger partial charge in [-0.15, -0.1) is 0 Å². The fourth-order valence-electron chi connectivity index (χ4n) is 4.70. The fraction of sp³-hybridized carbons (Fsp3) is 0.821. The van der Waals surface area contributed by atoms with Crippen LogP contribution in [0.3, 0.4) is 0 Å². The molecule has 0 spiro atoms. The maximum atomic E-state index is 13.9. The van der Waals surface area contributed by atoms with Crippen LogP contribution in [0.2, 0.25) is 0 Å². The van der Waals surface area contributed by atoms with Crippen molar-refractivity contribution in [3.8, 4) is 0 Å². The zero-order valence-corrected chi connectivity index (χ0v) is 23.9. The number of carbonyl (C=O) groups excluding carboxylic acids is 3. The summed E-state index contributed by atoms with van der Waals surface area (Å²) in [5.41, 5.74) is 0.0103. The molecule has 0 radical (unpaired) electrons. The summed E-state index contributed by atoms with van der Waals surface area (Å²) >= 11 is 0. The molecule has 35 heavy (non-hydrogen) atoms.